The van der Waals surface area contributed by atoms with Gasteiger partial charge in [-0.3, -0.25) is 0 Å². The standard InChI is InChI=1S/C72H50N2Si/c1-7-23-51(24-8-1)53-39-43-60(44-40-53)75(58-31-15-5-16-32-58,59-33-17-6-18-34-59)61-49-64(54-27-11-3-12-28-54)72(65(50-61)55-29-13-4-14-30-55)74-69-38-22-20-36-63(69)67-48-57(42-46-71(67)74)73-68-37-21-19-35-62(68)66-47-56(41-45-70(66)73)52-25-9-2-10-26-52/h1-50H. The molecule has 0 fully saturated rings. The third-order valence-corrected chi connectivity index (χ3v) is 20.2. The van der Waals surface area contributed by atoms with Gasteiger partial charge in [0.15, 0.2) is 8.07 Å². The highest BCUT2D eigenvalue weighted by Gasteiger charge is 2.42. The summed E-state index contributed by atoms with van der Waals surface area (Å²) in [7, 11) is -3.09. The van der Waals surface area contributed by atoms with Gasteiger partial charge in [-0.05, 0) is 96.6 Å². The average Bonchev–Trinajstić information content (AvgIpc) is 4.04. The molecule has 2 nitrogen and oxygen atoms in total. The Kier molecular flexibility index (Phi) is 10.9. The Labute approximate surface area is 438 Å². The normalized spacial score (nSPS) is 11.7. The second-order valence-electron chi connectivity index (χ2n) is 19.6. The number of hydrogen-bond donors (Lipinski definition) is 0. The molecule has 0 radical (unpaired) electrons. The highest BCUT2D eigenvalue weighted by molar-refractivity contribution is 7.20. The number of nitrogens with zero attached hydrogens (tertiary/aromatic N) is 2. The van der Waals surface area contributed by atoms with Gasteiger partial charge in [0.1, 0.15) is 0 Å². The number of hydrogen-bond acceptors (Lipinski definition) is 0. The lowest BCUT2D eigenvalue weighted by molar-refractivity contribution is 1.17. The summed E-state index contributed by atoms with van der Waals surface area (Å²) >= 11 is 0. The SMILES string of the molecule is c1ccc(-c2ccc([Si](c3ccccc3)(c3ccccc3)c3cc(-c4ccccc4)c(-n4c5ccccc5c5cc(-n6c7ccccc7c7cc(-c8ccccc8)ccc76)ccc54)c(-c4ccccc4)c3)cc2)cc1. The quantitative estimate of drug-likeness (QED) is 0.0955. The fourth-order valence-corrected chi connectivity index (χ4v) is 16.9. The fourth-order valence-electron chi connectivity index (χ4n) is 12.1. The van der Waals surface area contributed by atoms with Crippen molar-refractivity contribution in [3.63, 3.8) is 0 Å². The lowest BCUT2D eigenvalue weighted by Crippen LogP contribution is -2.74. The molecule has 0 amide bonds. The molecule has 0 aliphatic carbocycles. The minimum absolute atomic E-state index is 1.13. The van der Waals surface area contributed by atoms with Crippen LogP contribution in [0.1, 0.15) is 0 Å². The molecular formula is C72H50N2Si. The molecule has 352 valence electrons. The first-order chi connectivity index (χ1) is 37.2. The zero-order valence-corrected chi connectivity index (χ0v) is 42.3. The Bertz CT molecular complexity index is 4250. The molecule has 0 aliphatic rings. The van der Waals surface area contributed by atoms with Crippen molar-refractivity contribution in [2.75, 3.05) is 0 Å². The van der Waals surface area contributed by atoms with Crippen LogP contribution in [0.4, 0.5) is 0 Å². The monoisotopic (exact) mass is 970 g/mol. The van der Waals surface area contributed by atoms with Crippen molar-refractivity contribution in [1.29, 1.82) is 0 Å². The molecule has 0 aliphatic heterocycles. The molecule has 0 unspecified atom stereocenters. The van der Waals surface area contributed by atoms with E-state index >= 15 is 0 Å². The molecule has 2 heterocycles. The van der Waals surface area contributed by atoms with Crippen molar-refractivity contribution in [3.05, 3.63) is 303 Å². The molecule has 0 spiro atoms. The number of rotatable bonds is 10. The largest absolute Gasteiger partial charge is 0.309 e. The van der Waals surface area contributed by atoms with Crippen LogP contribution in [0.25, 0.3) is 99.5 Å². The third kappa shape index (κ3) is 7.39. The van der Waals surface area contributed by atoms with Crippen LogP contribution in [0, 0.1) is 0 Å². The van der Waals surface area contributed by atoms with Gasteiger partial charge < -0.3 is 9.13 Å². The van der Waals surface area contributed by atoms with Crippen LogP contribution >= 0.6 is 0 Å². The Morgan fingerprint density at radius 2 is 0.573 bits per heavy atom. The van der Waals surface area contributed by atoms with Gasteiger partial charge in [-0.2, -0.15) is 0 Å². The highest BCUT2D eigenvalue weighted by Crippen LogP contribution is 2.43. The van der Waals surface area contributed by atoms with E-state index in [1.807, 2.05) is 0 Å². The zero-order chi connectivity index (χ0) is 49.7. The maximum Gasteiger partial charge on any atom is 0.179 e. The van der Waals surface area contributed by atoms with Crippen LogP contribution in [0.15, 0.2) is 303 Å². The summed E-state index contributed by atoms with van der Waals surface area (Å²) in [6.45, 7) is 0. The number of aromatic nitrogens is 2. The van der Waals surface area contributed by atoms with E-state index in [1.165, 1.54) is 86.7 Å². The lowest BCUT2D eigenvalue weighted by atomic mass is 9.95. The van der Waals surface area contributed by atoms with Gasteiger partial charge in [-0.15, -0.1) is 0 Å². The number of benzene rings is 12. The summed E-state index contributed by atoms with van der Waals surface area (Å²) in [5, 5.41) is 10.2. The zero-order valence-electron chi connectivity index (χ0n) is 41.3. The van der Waals surface area contributed by atoms with Crippen LogP contribution in [-0.2, 0) is 0 Å². The first kappa shape index (κ1) is 44.2. The van der Waals surface area contributed by atoms with Gasteiger partial charge in [0.2, 0.25) is 0 Å². The minimum Gasteiger partial charge on any atom is -0.309 e. The molecule has 0 saturated carbocycles. The van der Waals surface area contributed by atoms with E-state index in [0.29, 0.717) is 0 Å². The van der Waals surface area contributed by atoms with Crippen LogP contribution in [0.2, 0.25) is 0 Å². The molecule has 0 saturated heterocycles. The van der Waals surface area contributed by atoms with E-state index in [4.69, 9.17) is 0 Å². The molecule has 0 N–H and O–H groups in total. The lowest BCUT2D eigenvalue weighted by Gasteiger charge is -2.36. The topological polar surface area (TPSA) is 9.86 Å². The maximum absolute atomic E-state index is 3.09. The van der Waals surface area contributed by atoms with Gasteiger partial charge in [0.25, 0.3) is 0 Å². The van der Waals surface area contributed by atoms with Gasteiger partial charge in [0.05, 0.1) is 27.8 Å². The molecular weight excluding hydrogens is 921 g/mol. The van der Waals surface area contributed by atoms with Gasteiger partial charge in [-0.25, -0.2) is 0 Å². The van der Waals surface area contributed by atoms with Crippen molar-refractivity contribution >= 4 is 72.4 Å². The van der Waals surface area contributed by atoms with Crippen molar-refractivity contribution in [2.24, 2.45) is 0 Å². The van der Waals surface area contributed by atoms with Gasteiger partial charge >= 0.3 is 0 Å². The molecule has 14 rings (SSSR count). The van der Waals surface area contributed by atoms with Gasteiger partial charge in [-0.1, -0.05) is 261 Å². The van der Waals surface area contributed by atoms with E-state index in [-0.39, 0.29) is 0 Å². The molecule has 0 bridgehead atoms. The molecule has 14 aromatic rings. The van der Waals surface area contributed by atoms with E-state index in [1.54, 1.807) is 0 Å². The third-order valence-electron chi connectivity index (χ3n) is 15.5. The summed E-state index contributed by atoms with van der Waals surface area (Å²) in [5.74, 6) is 0. The first-order valence-corrected chi connectivity index (χ1v) is 27.9. The summed E-state index contributed by atoms with van der Waals surface area (Å²) in [6, 6.07) is 113. The van der Waals surface area contributed by atoms with E-state index in [2.05, 4.69) is 312 Å². The first-order valence-electron chi connectivity index (χ1n) is 25.9. The van der Waals surface area contributed by atoms with Crippen molar-refractivity contribution < 1.29 is 0 Å². The minimum atomic E-state index is -3.09. The molecule has 3 heteroatoms. The maximum atomic E-state index is 2.56. The molecule has 12 aromatic carbocycles. The smallest absolute Gasteiger partial charge is 0.179 e. The summed E-state index contributed by atoms with van der Waals surface area (Å²) in [5.41, 5.74) is 16.5. The van der Waals surface area contributed by atoms with Crippen LogP contribution < -0.4 is 20.7 Å². The number of para-hydroxylation sites is 2. The van der Waals surface area contributed by atoms with Crippen molar-refractivity contribution in [1.82, 2.24) is 9.13 Å². The fraction of sp³-hybridized carbons (Fsp3) is 0. The molecule has 0 atom stereocenters. The van der Waals surface area contributed by atoms with Gasteiger partial charge in [0, 0.05) is 38.4 Å². The van der Waals surface area contributed by atoms with Crippen LogP contribution in [-0.4, -0.2) is 17.2 Å². The Morgan fingerprint density at radius 1 is 0.213 bits per heavy atom. The van der Waals surface area contributed by atoms with E-state index in [9.17, 15) is 0 Å². The van der Waals surface area contributed by atoms with Crippen LogP contribution in [0.5, 0.6) is 0 Å². The summed E-state index contributed by atoms with van der Waals surface area (Å²) in [4.78, 5) is 0. The van der Waals surface area contributed by atoms with E-state index in [0.717, 1.165) is 33.5 Å². The van der Waals surface area contributed by atoms with Crippen molar-refractivity contribution in [3.8, 4) is 55.9 Å². The second kappa shape index (κ2) is 18.5. The second-order valence-corrected chi connectivity index (χ2v) is 23.4. The predicted octanol–water partition coefficient (Wildman–Crippen LogP) is 15.9. The Hall–Kier alpha value is -9.54. The summed E-state index contributed by atoms with van der Waals surface area (Å²) < 4.78 is 5.01. The van der Waals surface area contributed by atoms with Crippen molar-refractivity contribution in [2.45, 2.75) is 0 Å². The number of fused-ring (bicyclic) bond motifs is 6. The average molecular weight is 971 g/mol. The van der Waals surface area contributed by atoms with E-state index < -0.39 is 8.07 Å². The highest BCUT2D eigenvalue weighted by atomic mass is 28.3. The summed E-state index contributed by atoms with van der Waals surface area (Å²) in [6.07, 6.45) is 0. The molecule has 75 heavy (non-hydrogen) atoms. The van der Waals surface area contributed by atoms with Crippen LogP contribution in [0.3, 0.4) is 0 Å². The predicted molar refractivity (Wildman–Crippen MR) is 320 cm³/mol. The Balaban J connectivity index is 1.06. The molecule has 2 aromatic heterocycles. The Morgan fingerprint density at radius 3 is 1.11 bits per heavy atom.